The Morgan fingerprint density at radius 2 is 2.47 bits per heavy atom. The largest absolute Gasteiger partial charge is 0.356 e. The average Bonchev–Trinajstić information content (AvgIpc) is 2.83. The van der Waals surface area contributed by atoms with Crippen molar-refractivity contribution >= 4 is 5.57 Å². The summed E-state index contributed by atoms with van der Waals surface area (Å²) >= 11 is 0. The normalized spacial score (nSPS) is 30.1. The quantitative estimate of drug-likeness (QED) is 0.760. The molecule has 2 heterocycles. The van der Waals surface area contributed by atoms with Gasteiger partial charge in [0, 0.05) is 18.5 Å². The Hall–Kier alpha value is -1.09. The molecule has 0 aromatic carbocycles. The molecule has 3 rings (SSSR count). The number of hydrogen-bond acceptors (Lipinski definition) is 3. The summed E-state index contributed by atoms with van der Waals surface area (Å²) in [5.41, 5.74) is 2.34. The van der Waals surface area contributed by atoms with Crippen molar-refractivity contribution in [3.63, 3.8) is 0 Å². The molecular formula is C12H16N2O. The van der Waals surface area contributed by atoms with E-state index in [1.54, 1.807) is 0 Å². The second-order valence-corrected chi connectivity index (χ2v) is 4.59. The summed E-state index contributed by atoms with van der Waals surface area (Å²) in [7, 11) is 0. The standard InChI is InChI=1S/C12H16N2O/c1-8-6-12(15-14-8)10-3-2-9-4-5-13-7-11(9)10/h3,6,9,11,13H,2,4-5,7H2,1H3. The van der Waals surface area contributed by atoms with Gasteiger partial charge in [-0.3, -0.25) is 0 Å². The maximum atomic E-state index is 5.35. The molecule has 3 heteroatoms. The highest BCUT2D eigenvalue weighted by atomic mass is 16.5. The van der Waals surface area contributed by atoms with Crippen LogP contribution in [0.4, 0.5) is 0 Å². The van der Waals surface area contributed by atoms with Crippen molar-refractivity contribution in [3.8, 4) is 0 Å². The smallest absolute Gasteiger partial charge is 0.163 e. The van der Waals surface area contributed by atoms with Crippen molar-refractivity contribution < 1.29 is 4.52 Å². The second-order valence-electron chi connectivity index (χ2n) is 4.59. The van der Waals surface area contributed by atoms with E-state index in [9.17, 15) is 0 Å². The third-order valence-corrected chi connectivity index (χ3v) is 3.58. The lowest BCUT2D eigenvalue weighted by atomic mass is 9.85. The monoisotopic (exact) mass is 204 g/mol. The molecule has 0 saturated carbocycles. The molecule has 1 aromatic rings. The van der Waals surface area contributed by atoms with Gasteiger partial charge >= 0.3 is 0 Å². The molecule has 1 aliphatic heterocycles. The molecule has 1 aliphatic carbocycles. The van der Waals surface area contributed by atoms with Crippen molar-refractivity contribution in [3.05, 3.63) is 23.6 Å². The lowest BCUT2D eigenvalue weighted by Crippen LogP contribution is -2.34. The molecule has 0 amide bonds. The Balaban J connectivity index is 1.87. The summed E-state index contributed by atoms with van der Waals surface area (Å²) in [4.78, 5) is 0. The Morgan fingerprint density at radius 3 is 3.27 bits per heavy atom. The number of nitrogens with one attached hydrogen (secondary N) is 1. The topological polar surface area (TPSA) is 38.1 Å². The fourth-order valence-electron chi connectivity index (χ4n) is 2.77. The molecule has 15 heavy (non-hydrogen) atoms. The molecule has 3 nitrogen and oxygen atoms in total. The molecule has 80 valence electrons. The number of nitrogens with zero attached hydrogens (tertiary/aromatic N) is 1. The third kappa shape index (κ3) is 1.51. The summed E-state index contributed by atoms with van der Waals surface area (Å²) in [6.45, 7) is 4.23. The van der Waals surface area contributed by atoms with Crippen LogP contribution in [0.15, 0.2) is 16.7 Å². The molecule has 2 aliphatic rings. The van der Waals surface area contributed by atoms with Gasteiger partial charge in [0.05, 0.1) is 5.69 Å². The van der Waals surface area contributed by atoms with Gasteiger partial charge < -0.3 is 9.84 Å². The molecular weight excluding hydrogens is 188 g/mol. The van der Waals surface area contributed by atoms with E-state index in [-0.39, 0.29) is 0 Å². The summed E-state index contributed by atoms with van der Waals surface area (Å²) < 4.78 is 5.35. The number of fused-ring (bicyclic) bond motifs is 1. The van der Waals surface area contributed by atoms with E-state index in [2.05, 4.69) is 16.5 Å². The van der Waals surface area contributed by atoms with Crippen LogP contribution in [0.5, 0.6) is 0 Å². The van der Waals surface area contributed by atoms with Gasteiger partial charge in [0.15, 0.2) is 5.76 Å². The minimum atomic E-state index is 0.645. The van der Waals surface area contributed by atoms with Crippen LogP contribution < -0.4 is 5.32 Å². The molecule has 0 radical (unpaired) electrons. The molecule has 2 atom stereocenters. The van der Waals surface area contributed by atoms with E-state index in [1.807, 2.05) is 13.0 Å². The van der Waals surface area contributed by atoms with E-state index < -0.39 is 0 Å². The highest BCUT2D eigenvalue weighted by Gasteiger charge is 2.33. The number of hydrogen-bond donors (Lipinski definition) is 1. The van der Waals surface area contributed by atoms with Gasteiger partial charge in [-0.15, -0.1) is 0 Å². The molecule has 1 N–H and O–H groups in total. The Labute approximate surface area is 89.5 Å². The molecule has 0 bridgehead atoms. The van der Waals surface area contributed by atoms with Crippen LogP contribution >= 0.6 is 0 Å². The highest BCUT2D eigenvalue weighted by Crippen LogP contribution is 2.40. The first-order chi connectivity index (χ1) is 7.34. The average molecular weight is 204 g/mol. The molecule has 1 saturated heterocycles. The summed E-state index contributed by atoms with van der Waals surface area (Å²) in [5.74, 6) is 2.45. The maximum absolute atomic E-state index is 5.35. The van der Waals surface area contributed by atoms with Crippen LogP contribution in [0.25, 0.3) is 5.57 Å². The van der Waals surface area contributed by atoms with Gasteiger partial charge in [-0.2, -0.15) is 0 Å². The maximum Gasteiger partial charge on any atom is 0.163 e. The van der Waals surface area contributed by atoms with E-state index in [1.165, 1.54) is 18.4 Å². The first-order valence-corrected chi connectivity index (χ1v) is 5.69. The van der Waals surface area contributed by atoms with Crippen molar-refractivity contribution in [2.75, 3.05) is 13.1 Å². The first kappa shape index (κ1) is 9.16. The number of allylic oxidation sites excluding steroid dienone is 1. The second kappa shape index (κ2) is 3.49. The zero-order valence-electron chi connectivity index (χ0n) is 8.99. The van der Waals surface area contributed by atoms with E-state index in [0.29, 0.717) is 5.92 Å². The number of aryl methyl sites for hydroxylation is 1. The van der Waals surface area contributed by atoms with Crippen molar-refractivity contribution in [2.45, 2.75) is 19.8 Å². The predicted molar refractivity (Wildman–Crippen MR) is 58.3 cm³/mol. The minimum absolute atomic E-state index is 0.645. The minimum Gasteiger partial charge on any atom is -0.356 e. The van der Waals surface area contributed by atoms with Gasteiger partial charge in [0.2, 0.25) is 0 Å². The molecule has 2 unspecified atom stereocenters. The van der Waals surface area contributed by atoms with Crippen LogP contribution in [0.3, 0.4) is 0 Å². The van der Waals surface area contributed by atoms with Gasteiger partial charge in [-0.1, -0.05) is 11.2 Å². The van der Waals surface area contributed by atoms with Crippen molar-refractivity contribution in [1.82, 2.24) is 10.5 Å². The number of piperidine rings is 1. The van der Waals surface area contributed by atoms with Gasteiger partial charge in [0.25, 0.3) is 0 Å². The fraction of sp³-hybridized carbons (Fsp3) is 0.583. The number of rotatable bonds is 1. The van der Waals surface area contributed by atoms with Crippen LogP contribution in [0.2, 0.25) is 0 Å². The number of aromatic nitrogens is 1. The SMILES string of the molecule is Cc1cc(C2=CCC3CCNCC23)on1. The zero-order chi connectivity index (χ0) is 10.3. The Kier molecular flexibility index (Phi) is 2.13. The fourth-order valence-corrected chi connectivity index (χ4v) is 2.77. The van der Waals surface area contributed by atoms with Crippen LogP contribution in [0.1, 0.15) is 24.3 Å². The Bertz CT molecular complexity index is 394. The van der Waals surface area contributed by atoms with Crippen molar-refractivity contribution in [2.24, 2.45) is 11.8 Å². The summed E-state index contributed by atoms with van der Waals surface area (Å²) in [5, 5.41) is 7.42. The molecule has 0 spiro atoms. The summed E-state index contributed by atoms with van der Waals surface area (Å²) in [6.07, 6.45) is 4.83. The lowest BCUT2D eigenvalue weighted by Gasteiger charge is -2.27. The van der Waals surface area contributed by atoms with Gasteiger partial charge in [-0.05, 0) is 37.8 Å². The summed E-state index contributed by atoms with van der Waals surface area (Å²) in [6, 6.07) is 2.04. The predicted octanol–water partition coefficient (Wildman–Crippen LogP) is 2.00. The Morgan fingerprint density at radius 1 is 1.53 bits per heavy atom. The van der Waals surface area contributed by atoms with Crippen LogP contribution in [-0.2, 0) is 0 Å². The van der Waals surface area contributed by atoms with Gasteiger partial charge in [-0.25, -0.2) is 0 Å². The lowest BCUT2D eigenvalue weighted by molar-refractivity contribution is 0.321. The molecule has 1 fully saturated rings. The van der Waals surface area contributed by atoms with Crippen LogP contribution in [-0.4, -0.2) is 18.2 Å². The van der Waals surface area contributed by atoms with Gasteiger partial charge in [0.1, 0.15) is 0 Å². The first-order valence-electron chi connectivity index (χ1n) is 5.69. The molecule has 1 aromatic heterocycles. The van der Waals surface area contributed by atoms with Crippen molar-refractivity contribution in [1.29, 1.82) is 0 Å². The third-order valence-electron chi connectivity index (χ3n) is 3.58. The van der Waals surface area contributed by atoms with Crippen LogP contribution in [0, 0.1) is 18.8 Å². The van der Waals surface area contributed by atoms with E-state index >= 15 is 0 Å². The highest BCUT2D eigenvalue weighted by molar-refractivity contribution is 5.66. The zero-order valence-corrected chi connectivity index (χ0v) is 8.99. The van der Waals surface area contributed by atoms with E-state index in [4.69, 9.17) is 4.52 Å². The van der Waals surface area contributed by atoms with E-state index in [0.717, 1.165) is 30.5 Å².